The fourth-order valence-electron chi connectivity index (χ4n) is 2.07. The number of nitrogens with one attached hydrogen (secondary N) is 1. The third kappa shape index (κ3) is 3.77. The molecule has 110 valence electrons. The van der Waals surface area contributed by atoms with E-state index in [9.17, 15) is 14.5 Å². The van der Waals surface area contributed by atoms with Crippen molar-refractivity contribution >= 4 is 17.3 Å². The number of nitrogens with zero attached hydrogens (tertiary/aromatic N) is 1. The molecule has 0 aliphatic carbocycles. The predicted molar refractivity (Wildman–Crippen MR) is 79.8 cm³/mol. The Kier molecular flexibility index (Phi) is 4.88. The van der Waals surface area contributed by atoms with E-state index >= 15 is 0 Å². The first-order valence-corrected chi connectivity index (χ1v) is 6.77. The minimum absolute atomic E-state index is 0.102. The third-order valence-electron chi connectivity index (χ3n) is 3.21. The van der Waals surface area contributed by atoms with Gasteiger partial charge in [0.25, 0.3) is 5.69 Å². The highest BCUT2D eigenvalue weighted by atomic mass is 35.5. The van der Waals surface area contributed by atoms with Gasteiger partial charge < -0.3 is 5.32 Å². The van der Waals surface area contributed by atoms with Crippen molar-refractivity contribution in [3.8, 4) is 0 Å². The summed E-state index contributed by atoms with van der Waals surface area (Å²) in [5.41, 5.74) is 1.09. The van der Waals surface area contributed by atoms with Gasteiger partial charge in [0.05, 0.1) is 4.92 Å². The van der Waals surface area contributed by atoms with Gasteiger partial charge in [0.15, 0.2) is 0 Å². The van der Waals surface area contributed by atoms with Crippen molar-refractivity contribution in [1.29, 1.82) is 0 Å². The van der Waals surface area contributed by atoms with Gasteiger partial charge >= 0.3 is 0 Å². The summed E-state index contributed by atoms with van der Waals surface area (Å²) >= 11 is 6.10. The number of benzene rings is 2. The number of hydrogen-bond acceptors (Lipinski definition) is 3. The maximum absolute atomic E-state index is 13.3. The first-order valence-electron chi connectivity index (χ1n) is 6.39. The Morgan fingerprint density at radius 2 is 2.05 bits per heavy atom. The van der Waals surface area contributed by atoms with Crippen molar-refractivity contribution in [2.45, 2.75) is 19.5 Å². The van der Waals surface area contributed by atoms with E-state index in [2.05, 4.69) is 5.32 Å². The lowest BCUT2D eigenvalue weighted by atomic mass is 10.1. The van der Waals surface area contributed by atoms with Gasteiger partial charge in [-0.25, -0.2) is 4.39 Å². The molecule has 0 bridgehead atoms. The van der Waals surface area contributed by atoms with Crippen LogP contribution in [0.5, 0.6) is 0 Å². The van der Waals surface area contributed by atoms with Gasteiger partial charge in [0.2, 0.25) is 0 Å². The van der Waals surface area contributed by atoms with Gasteiger partial charge in [-0.05, 0) is 30.7 Å². The van der Waals surface area contributed by atoms with Gasteiger partial charge in [-0.2, -0.15) is 0 Å². The maximum atomic E-state index is 13.3. The quantitative estimate of drug-likeness (QED) is 0.664. The van der Waals surface area contributed by atoms with E-state index in [1.165, 1.54) is 12.1 Å². The highest BCUT2D eigenvalue weighted by molar-refractivity contribution is 6.31. The van der Waals surface area contributed by atoms with Crippen LogP contribution < -0.4 is 5.32 Å². The van der Waals surface area contributed by atoms with Crippen LogP contribution in [0, 0.1) is 15.9 Å². The van der Waals surface area contributed by atoms with E-state index in [4.69, 9.17) is 11.6 Å². The van der Waals surface area contributed by atoms with Gasteiger partial charge in [0.1, 0.15) is 5.82 Å². The molecule has 1 N–H and O–H groups in total. The lowest BCUT2D eigenvalue weighted by molar-refractivity contribution is -0.385. The third-order valence-corrected chi connectivity index (χ3v) is 3.55. The van der Waals surface area contributed by atoms with Crippen molar-refractivity contribution in [2.24, 2.45) is 0 Å². The molecule has 0 saturated carbocycles. The lowest BCUT2D eigenvalue weighted by Gasteiger charge is -2.15. The van der Waals surface area contributed by atoms with E-state index in [1.54, 1.807) is 6.07 Å². The second-order valence-corrected chi connectivity index (χ2v) is 5.06. The second kappa shape index (κ2) is 6.65. The molecule has 21 heavy (non-hydrogen) atoms. The molecule has 2 aromatic rings. The van der Waals surface area contributed by atoms with Crippen LogP contribution in [0.15, 0.2) is 42.5 Å². The standard InChI is InChI=1S/C15H14ClFN2O2/c1-10(13-4-2-3-5-14(13)16)18-9-11-8-12(17)6-7-15(11)19(20)21/h2-8,10,18H,9H2,1H3/t10-/m1/s1. The summed E-state index contributed by atoms with van der Waals surface area (Å²) in [5.74, 6) is -0.497. The molecular weight excluding hydrogens is 295 g/mol. The molecule has 0 spiro atoms. The minimum atomic E-state index is -0.517. The monoisotopic (exact) mass is 308 g/mol. The van der Waals surface area contributed by atoms with Crippen molar-refractivity contribution in [3.63, 3.8) is 0 Å². The number of halogens is 2. The van der Waals surface area contributed by atoms with Crippen LogP contribution in [-0.2, 0) is 6.54 Å². The molecular formula is C15H14ClFN2O2. The molecule has 0 fully saturated rings. The van der Waals surface area contributed by atoms with Crippen LogP contribution in [0.25, 0.3) is 0 Å². The topological polar surface area (TPSA) is 55.2 Å². The SMILES string of the molecule is C[C@@H](NCc1cc(F)ccc1[N+](=O)[O-])c1ccccc1Cl. The Hall–Kier alpha value is -1.98. The van der Waals surface area contributed by atoms with Crippen molar-refractivity contribution in [2.75, 3.05) is 0 Å². The molecule has 0 unspecified atom stereocenters. The second-order valence-electron chi connectivity index (χ2n) is 4.65. The zero-order valence-electron chi connectivity index (χ0n) is 11.3. The summed E-state index contributed by atoms with van der Waals surface area (Å²) in [4.78, 5) is 10.4. The largest absolute Gasteiger partial charge is 0.306 e. The smallest absolute Gasteiger partial charge is 0.274 e. The van der Waals surface area contributed by atoms with Gasteiger partial charge in [-0.1, -0.05) is 29.8 Å². The Balaban J connectivity index is 2.15. The first-order chi connectivity index (χ1) is 9.99. The van der Waals surface area contributed by atoms with Crippen molar-refractivity contribution < 1.29 is 9.31 Å². The Morgan fingerprint density at radius 3 is 2.71 bits per heavy atom. The fourth-order valence-corrected chi connectivity index (χ4v) is 2.37. The normalized spacial score (nSPS) is 12.1. The highest BCUT2D eigenvalue weighted by Crippen LogP contribution is 2.24. The van der Waals surface area contributed by atoms with Crippen LogP contribution in [0.3, 0.4) is 0 Å². The van der Waals surface area contributed by atoms with Crippen LogP contribution in [-0.4, -0.2) is 4.92 Å². The van der Waals surface area contributed by atoms with Crippen molar-refractivity contribution in [1.82, 2.24) is 5.32 Å². The van der Waals surface area contributed by atoms with E-state index in [-0.39, 0.29) is 18.3 Å². The molecule has 1 atom stereocenters. The Labute approximate surface area is 126 Å². The average molecular weight is 309 g/mol. The number of rotatable bonds is 5. The lowest BCUT2D eigenvalue weighted by Crippen LogP contribution is -2.19. The summed E-state index contributed by atoms with van der Waals surface area (Å²) in [6.45, 7) is 2.08. The highest BCUT2D eigenvalue weighted by Gasteiger charge is 2.16. The molecule has 0 aromatic heterocycles. The number of nitro groups is 1. The summed E-state index contributed by atoms with van der Waals surface area (Å²) in [5, 5.41) is 14.7. The van der Waals surface area contributed by atoms with Crippen molar-refractivity contribution in [3.05, 3.63) is 74.5 Å². The van der Waals surface area contributed by atoms with Gasteiger partial charge in [-0.15, -0.1) is 0 Å². The van der Waals surface area contributed by atoms with E-state index in [0.29, 0.717) is 10.6 Å². The van der Waals surface area contributed by atoms with E-state index in [0.717, 1.165) is 11.6 Å². The first kappa shape index (κ1) is 15.4. The molecule has 0 aliphatic rings. The summed E-state index contributed by atoms with van der Waals surface area (Å²) in [6.07, 6.45) is 0. The Morgan fingerprint density at radius 1 is 1.33 bits per heavy atom. The molecule has 0 amide bonds. The summed E-state index contributed by atoms with van der Waals surface area (Å²) in [7, 11) is 0. The Bertz CT molecular complexity index is 664. The van der Waals surface area contributed by atoms with E-state index in [1.807, 2.05) is 25.1 Å². The average Bonchev–Trinajstić information content (AvgIpc) is 2.45. The maximum Gasteiger partial charge on any atom is 0.274 e. The zero-order chi connectivity index (χ0) is 15.4. The van der Waals surface area contributed by atoms with Gasteiger partial charge in [-0.3, -0.25) is 10.1 Å². The molecule has 0 heterocycles. The van der Waals surface area contributed by atoms with Crippen LogP contribution in [0.1, 0.15) is 24.1 Å². The molecule has 6 heteroatoms. The van der Waals surface area contributed by atoms with Gasteiger partial charge in [0, 0.05) is 29.2 Å². The van der Waals surface area contributed by atoms with Crippen LogP contribution in [0.4, 0.5) is 10.1 Å². The predicted octanol–water partition coefficient (Wildman–Crippen LogP) is 4.24. The molecule has 2 aromatic carbocycles. The van der Waals surface area contributed by atoms with Crippen LogP contribution in [0.2, 0.25) is 5.02 Å². The zero-order valence-corrected chi connectivity index (χ0v) is 12.1. The van der Waals surface area contributed by atoms with E-state index < -0.39 is 10.7 Å². The summed E-state index contributed by atoms with van der Waals surface area (Å²) in [6, 6.07) is 10.7. The molecule has 4 nitrogen and oxygen atoms in total. The van der Waals surface area contributed by atoms with Crippen LogP contribution >= 0.6 is 11.6 Å². The fraction of sp³-hybridized carbons (Fsp3) is 0.200. The number of hydrogen-bond donors (Lipinski definition) is 1. The molecule has 0 saturated heterocycles. The molecule has 2 rings (SSSR count). The molecule has 0 aliphatic heterocycles. The molecule has 0 radical (unpaired) electrons. The number of nitro benzene ring substituents is 1. The minimum Gasteiger partial charge on any atom is -0.306 e. The summed E-state index contributed by atoms with van der Waals surface area (Å²) < 4.78 is 13.3.